The van der Waals surface area contributed by atoms with Crippen molar-refractivity contribution >= 4 is 17.8 Å². The molecule has 0 saturated heterocycles. The molecule has 1 aromatic carbocycles. The molecule has 3 nitrogen and oxygen atoms in total. The molecule has 0 amide bonds. The number of likely N-dealkylation sites (N-methyl/N-ethyl adjacent to an activating group) is 1. The van der Waals surface area contributed by atoms with Crippen LogP contribution in [0.3, 0.4) is 0 Å². The van der Waals surface area contributed by atoms with E-state index < -0.39 is 0 Å². The second kappa shape index (κ2) is 9.58. The minimum absolute atomic E-state index is 0. The van der Waals surface area contributed by atoms with Crippen LogP contribution in [0.5, 0.6) is 0 Å². The Morgan fingerprint density at radius 1 is 1.00 bits per heavy atom. The zero-order valence-electron chi connectivity index (χ0n) is 13.1. The fourth-order valence-corrected chi connectivity index (χ4v) is 2.10. The lowest BCUT2D eigenvalue weighted by Crippen LogP contribution is -3.00. The molecule has 0 saturated carbocycles. The van der Waals surface area contributed by atoms with E-state index in [0.29, 0.717) is 6.54 Å². The number of benzene rings is 1. The maximum atomic E-state index is 8.95. The highest BCUT2D eigenvalue weighted by atomic mass is 127. The van der Waals surface area contributed by atoms with Crippen LogP contribution >= 0.6 is 0 Å². The SMILES string of the molecule is CC[n+]1ccc(/C=C/c2ccc(N(C)CCO)cc2)cc1.[I-]. The van der Waals surface area contributed by atoms with Crippen LogP contribution < -0.4 is 33.4 Å². The summed E-state index contributed by atoms with van der Waals surface area (Å²) in [5.74, 6) is 0. The van der Waals surface area contributed by atoms with Crippen molar-refractivity contribution in [1.82, 2.24) is 0 Å². The first-order valence-electron chi connectivity index (χ1n) is 7.32. The van der Waals surface area contributed by atoms with E-state index >= 15 is 0 Å². The fraction of sp³-hybridized carbons (Fsp3) is 0.278. The molecular weight excluding hydrogens is 387 g/mol. The lowest BCUT2D eigenvalue weighted by Gasteiger charge is -2.17. The molecule has 0 atom stereocenters. The van der Waals surface area contributed by atoms with Gasteiger partial charge >= 0.3 is 0 Å². The van der Waals surface area contributed by atoms with Crippen LogP contribution in [-0.2, 0) is 6.54 Å². The number of pyridine rings is 1. The van der Waals surface area contributed by atoms with Crippen LogP contribution in [0.4, 0.5) is 5.69 Å². The molecule has 2 aromatic rings. The number of aliphatic hydroxyl groups excluding tert-OH is 1. The van der Waals surface area contributed by atoms with Gasteiger partial charge in [0.2, 0.25) is 0 Å². The average molecular weight is 410 g/mol. The number of hydrogen-bond acceptors (Lipinski definition) is 2. The number of aliphatic hydroxyl groups is 1. The fourth-order valence-electron chi connectivity index (χ4n) is 2.10. The van der Waals surface area contributed by atoms with Crippen molar-refractivity contribution in [3.05, 3.63) is 59.9 Å². The van der Waals surface area contributed by atoms with Gasteiger partial charge in [-0.25, -0.2) is 4.57 Å². The number of anilines is 1. The molecular formula is C18H23IN2O. The first-order chi connectivity index (χ1) is 10.2. The van der Waals surface area contributed by atoms with Gasteiger partial charge in [0.25, 0.3) is 0 Å². The average Bonchev–Trinajstić information content (AvgIpc) is 2.54. The van der Waals surface area contributed by atoms with Gasteiger partial charge in [0.15, 0.2) is 12.4 Å². The number of hydrogen-bond donors (Lipinski definition) is 1. The normalized spacial score (nSPS) is 10.5. The van der Waals surface area contributed by atoms with Gasteiger partial charge in [-0.15, -0.1) is 0 Å². The summed E-state index contributed by atoms with van der Waals surface area (Å²) in [5, 5.41) is 8.95. The molecule has 0 spiro atoms. The highest BCUT2D eigenvalue weighted by Gasteiger charge is 1.99. The summed E-state index contributed by atoms with van der Waals surface area (Å²) < 4.78 is 2.14. The van der Waals surface area contributed by atoms with E-state index in [-0.39, 0.29) is 30.6 Å². The predicted molar refractivity (Wildman–Crippen MR) is 88.0 cm³/mol. The first kappa shape index (κ1) is 18.6. The third-order valence-electron chi connectivity index (χ3n) is 3.52. The Labute approximate surface area is 149 Å². The Hall–Kier alpha value is -1.40. The van der Waals surface area contributed by atoms with E-state index in [1.165, 1.54) is 11.1 Å². The molecule has 4 heteroatoms. The van der Waals surface area contributed by atoms with E-state index in [2.05, 4.69) is 72.4 Å². The highest BCUT2D eigenvalue weighted by molar-refractivity contribution is 5.70. The van der Waals surface area contributed by atoms with Crippen LogP contribution in [0.25, 0.3) is 12.2 Å². The number of aromatic nitrogens is 1. The molecule has 22 heavy (non-hydrogen) atoms. The number of halogens is 1. The molecule has 1 heterocycles. The van der Waals surface area contributed by atoms with Gasteiger partial charge in [-0.05, 0) is 30.2 Å². The summed E-state index contributed by atoms with van der Waals surface area (Å²) in [4.78, 5) is 2.04. The molecule has 2 rings (SSSR count). The molecule has 0 radical (unpaired) electrons. The largest absolute Gasteiger partial charge is 1.00 e. The Balaban J connectivity index is 0.00000242. The lowest BCUT2D eigenvalue weighted by atomic mass is 10.1. The number of aryl methyl sites for hydroxylation is 1. The van der Waals surface area contributed by atoms with Crippen LogP contribution in [-0.4, -0.2) is 25.3 Å². The monoisotopic (exact) mass is 410 g/mol. The van der Waals surface area contributed by atoms with Crippen molar-refractivity contribution in [3.63, 3.8) is 0 Å². The smallest absolute Gasteiger partial charge is 0.169 e. The summed E-state index contributed by atoms with van der Waals surface area (Å²) in [7, 11) is 1.98. The maximum Gasteiger partial charge on any atom is 0.169 e. The van der Waals surface area contributed by atoms with Gasteiger partial charge in [-0.1, -0.05) is 24.3 Å². The van der Waals surface area contributed by atoms with Crippen molar-refractivity contribution < 1.29 is 33.7 Å². The van der Waals surface area contributed by atoms with Gasteiger partial charge in [-0.2, -0.15) is 0 Å². The predicted octanol–water partition coefficient (Wildman–Crippen LogP) is -0.403. The lowest BCUT2D eigenvalue weighted by molar-refractivity contribution is -0.693. The molecule has 1 N–H and O–H groups in total. The van der Waals surface area contributed by atoms with Crippen molar-refractivity contribution in [2.24, 2.45) is 0 Å². The van der Waals surface area contributed by atoms with E-state index in [1.807, 2.05) is 11.9 Å². The summed E-state index contributed by atoms with van der Waals surface area (Å²) in [5.41, 5.74) is 3.48. The third-order valence-corrected chi connectivity index (χ3v) is 3.52. The Bertz CT molecular complexity index is 579. The molecule has 1 aromatic heterocycles. The zero-order chi connectivity index (χ0) is 15.1. The second-order valence-corrected chi connectivity index (χ2v) is 5.03. The molecule has 0 aliphatic rings. The Kier molecular flexibility index (Phi) is 8.12. The van der Waals surface area contributed by atoms with Crippen molar-refractivity contribution in [3.8, 4) is 0 Å². The summed E-state index contributed by atoms with van der Waals surface area (Å²) in [6.07, 6.45) is 8.41. The third kappa shape index (κ3) is 5.42. The van der Waals surface area contributed by atoms with E-state index in [9.17, 15) is 0 Å². The van der Waals surface area contributed by atoms with Crippen LogP contribution in [0.2, 0.25) is 0 Å². The molecule has 118 valence electrons. The first-order valence-corrected chi connectivity index (χ1v) is 7.32. The van der Waals surface area contributed by atoms with Crippen molar-refractivity contribution in [2.45, 2.75) is 13.5 Å². The second-order valence-electron chi connectivity index (χ2n) is 5.03. The van der Waals surface area contributed by atoms with Crippen LogP contribution in [0.1, 0.15) is 18.1 Å². The Morgan fingerprint density at radius 3 is 2.05 bits per heavy atom. The molecule has 0 unspecified atom stereocenters. The number of rotatable bonds is 6. The van der Waals surface area contributed by atoms with Gasteiger partial charge in [-0.3, -0.25) is 0 Å². The molecule has 0 bridgehead atoms. The standard InChI is InChI=1S/C18H23N2O.HI/c1-3-20-12-10-17(11-13-20)5-4-16-6-8-18(9-7-16)19(2)14-15-21;/h4-13,21H,3,14-15H2,1-2H3;1H/q+1;/p-1. The molecule has 0 aliphatic carbocycles. The number of nitrogens with zero attached hydrogens (tertiary/aromatic N) is 2. The van der Waals surface area contributed by atoms with E-state index in [0.717, 1.165) is 12.2 Å². The van der Waals surface area contributed by atoms with Gasteiger partial charge in [0.1, 0.15) is 6.54 Å². The van der Waals surface area contributed by atoms with Gasteiger partial charge in [0, 0.05) is 31.4 Å². The van der Waals surface area contributed by atoms with E-state index in [4.69, 9.17) is 5.11 Å². The van der Waals surface area contributed by atoms with E-state index in [1.54, 1.807) is 0 Å². The summed E-state index contributed by atoms with van der Waals surface area (Å²) in [6.45, 7) is 3.94. The quantitative estimate of drug-likeness (QED) is 0.519. The van der Waals surface area contributed by atoms with Gasteiger partial charge in [0.05, 0.1) is 6.61 Å². The van der Waals surface area contributed by atoms with Crippen LogP contribution in [0, 0.1) is 0 Å². The van der Waals surface area contributed by atoms with Crippen molar-refractivity contribution in [1.29, 1.82) is 0 Å². The summed E-state index contributed by atoms with van der Waals surface area (Å²) >= 11 is 0. The molecule has 0 aliphatic heterocycles. The van der Waals surface area contributed by atoms with Crippen molar-refractivity contribution in [2.75, 3.05) is 25.1 Å². The van der Waals surface area contributed by atoms with Gasteiger partial charge < -0.3 is 34.0 Å². The minimum Gasteiger partial charge on any atom is -1.00 e. The zero-order valence-corrected chi connectivity index (χ0v) is 15.3. The molecule has 0 fully saturated rings. The van der Waals surface area contributed by atoms with Crippen LogP contribution in [0.15, 0.2) is 48.8 Å². The minimum atomic E-state index is 0. The Morgan fingerprint density at radius 2 is 1.55 bits per heavy atom. The topological polar surface area (TPSA) is 27.4 Å². The summed E-state index contributed by atoms with van der Waals surface area (Å²) in [6, 6.07) is 12.6. The highest BCUT2D eigenvalue weighted by Crippen LogP contribution is 2.15. The maximum absolute atomic E-state index is 8.95.